The highest BCUT2D eigenvalue weighted by Gasteiger charge is 2.27. The molecular formula is C13H25NO2. The number of aliphatic hydroxyl groups excluding tert-OH is 1. The standard InChI is InChI=1S/C13H25NO2/c1-10-6-4-5-7-12(10)14(3)13(16)9-8-11(2)15/h10-12,15H,4-9H2,1-3H3. The lowest BCUT2D eigenvalue weighted by Gasteiger charge is -2.36. The van der Waals surface area contributed by atoms with Crippen molar-refractivity contribution in [2.75, 3.05) is 7.05 Å². The predicted molar refractivity (Wildman–Crippen MR) is 65.1 cm³/mol. The molecule has 0 aliphatic heterocycles. The van der Waals surface area contributed by atoms with Crippen molar-refractivity contribution in [2.24, 2.45) is 5.92 Å². The van der Waals surface area contributed by atoms with E-state index in [-0.39, 0.29) is 12.0 Å². The second kappa shape index (κ2) is 6.24. The van der Waals surface area contributed by atoms with Gasteiger partial charge in [0, 0.05) is 19.5 Å². The number of hydrogen-bond donors (Lipinski definition) is 1. The summed E-state index contributed by atoms with van der Waals surface area (Å²) in [6.07, 6.45) is 5.58. The summed E-state index contributed by atoms with van der Waals surface area (Å²) in [6, 6.07) is 0.412. The molecule has 1 aliphatic carbocycles. The van der Waals surface area contributed by atoms with Crippen LogP contribution in [0.1, 0.15) is 52.4 Å². The Balaban J connectivity index is 2.42. The fourth-order valence-electron chi connectivity index (χ4n) is 2.57. The van der Waals surface area contributed by atoms with Gasteiger partial charge in [-0.15, -0.1) is 0 Å². The van der Waals surface area contributed by atoms with E-state index in [1.165, 1.54) is 19.3 Å². The fraction of sp³-hybridized carbons (Fsp3) is 0.923. The molecule has 3 unspecified atom stereocenters. The number of rotatable bonds is 4. The molecule has 1 amide bonds. The molecular weight excluding hydrogens is 202 g/mol. The molecule has 0 radical (unpaired) electrons. The minimum absolute atomic E-state index is 0.180. The van der Waals surface area contributed by atoms with E-state index >= 15 is 0 Å². The first kappa shape index (κ1) is 13.5. The van der Waals surface area contributed by atoms with Gasteiger partial charge < -0.3 is 10.0 Å². The number of nitrogens with zero attached hydrogens (tertiary/aromatic N) is 1. The SMILES string of the molecule is CC(O)CCC(=O)N(C)C1CCCCC1C. The summed E-state index contributed by atoms with van der Waals surface area (Å²) in [5.74, 6) is 0.800. The van der Waals surface area contributed by atoms with Gasteiger partial charge in [-0.2, -0.15) is 0 Å². The minimum atomic E-state index is -0.374. The maximum Gasteiger partial charge on any atom is 0.222 e. The van der Waals surface area contributed by atoms with Gasteiger partial charge in [0.25, 0.3) is 0 Å². The molecule has 0 aromatic carbocycles. The van der Waals surface area contributed by atoms with Crippen molar-refractivity contribution < 1.29 is 9.90 Å². The van der Waals surface area contributed by atoms with Crippen LogP contribution in [0.3, 0.4) is 0 Å². The summed E-state index contributed by atoms with van der Waals surface area (Å²) in [7, 11) is 1.91. The van der Waals surface area contributed by atoms with Crippen molar-refractivity contribution in [3.63, 3.8) is 0 Å². The Bertz CT molecular complexity index is 228. The molecule has 0 aromatic rings. The second-order valence-corrected chi connectivity index (χ2v) is 5.22. The first-order valence-electron chi connectivity index (χ1n) is 6.46. The van der Waals surface area contributed by atoms with Gasteiger partial charge in [-0.05, 0) is 32.1 Å². The molecule has 94 valence electrons. The van der Waals surface area contributed by atoms with Crippen LogP contribution in [-0.4, -0.2) is 35.1 Å². The van der Waals surface area contributed by atoms with Crippen LogP contribution in [0.4, 0.5) is 0 Å². The quantitative estimate of drug-likeness (QED) is 0.799. The van der Waals surface area contributed by atoms with Crippen LogP contribution in [0.15, 0.2) is 0 Å². The summed E-state index contributed by atoms with van der Waals surface area (Å²) < 4.78 is 0. The molecule has 1 N–H and O–H groups in total. The van der Waals surface area contributed by atoms with Gasteiger partial charge in [0.05, 0.1) is 6.10 Å². The van der Waals surface area contributed by atoms with E-state index in [1.54, 1.807) is 6.92 Å². The molecule has 0 saturated heterocycles. The number of carbonyl (C=O) groups is 1. The number of amides is 1. The summed E-state index contributed by atoms with van der Waals surface area (Å²) in [5.41, 5.74) is 0. The fourth-order valence-corrected chi connectivity index (χ4v) is 2.57. The molecule has 3 heteroatoms. The topological polar surface area (TPSA) is 40.5 Å². The first-order valence-corrected chi connectivity index (χ1v) is 6.46. The monoisotopic (exact) mass is 227 g/mol. The van der Waals surface area contributed by atoms with Crippen LogP contribution in [0.25, 0.3) is 0 Å². The second-order valence-electron chi connectivity index (χ2n) is 5.22. The van der Waals surface area contributed by atoms with E-state index in [2.05, 4.69) is 6.92 Å². The molecule has 0 aromatic heterocycles. The smallest absolute Gasteiger partial charge is 0.222 e. The van der Waals surface area contributed by atoms with Crippen LogP contribution < -0.4 is 0 Å². The largest absolute Gasteiger partial charge is 0.393 e. The molecule has 1 rings (SSSR count). The Morgan fingerprint density at radius 3 is 2.62 bits per heavy atom. The number of aliphatic hydroxyl groups is 1. The Hall–Kier alpha value is -0.570. The van der Waals surface area contributed by atoms with Crippen LogP contribution in [0, 0.1) is 5.92 Å². The van der Waals surface area contributed by atoms with Crippen molar-refractivity contribution in [2.45, 2.75) is 64.5 Å². The molecule has 1 fully saturated rings. The van der Waals surface area contributed by atoms with Crippen molar-refractivity contribution in [3.05, 3.63) is 0 Å². The van der Waals surface area contributed by atoms with Gasteiger partial charge in [0.15, 0.2) is 0 Å². The van der Waals surface area contributed by atoms with E-state index in [9.17, 15) is 9.90 Å². The molecule has 1 aliphatic rings. The Kier molecular flexibility index (Phi) is 5.26. The van der Waals surface area contributed by atoms with Crippen LogP contribution in [0.5, 0.6) is 0 Å². The van der Waals surface area contributed by atoms with Gasteiger partial charge in [-0.3, -0.25) is 4.79 Å². The van der Waals surface area contributed by atoms with Gasteiger partial charge in [0.2, 0.25) is 5.91 Å². The maximum atomic E-state index is 11.9. The normalized spacial score (nSPS) is 27.5. The van der Waals surface area contributed by atoms with Gasteiger partial charge in [-0.1, -0.05) is 19.8 Å². The lowest BCUT2D eigenvalue weighted by atomic mass is 9.85. The van der Waals surface area contributed by atoms with E-state index < -0.39 is 0 Å². The zero-order chi connectivity index (χ0) is 12.1. The highest BCUT2D eigenvalue weighted by molar-refractivity contribution is 5.76. The third-order valence-electron chi connectivity index (χ3n) is 3.73. The van der Waals surface area contributed by atoms with Crippen LogP contribution in [-0.2, 0) is 4.79 Å². The molecule has 0 spiro atoms. The molecule has 0 bridgehead atoms. The zero-order valence-electron chi connectivity index (χ0n) is 10.8. The highest BCUT2D eigenvalue weighted by Crippen LogP contribution is 2.27. The summed E-state index contributed by atoms with van der Waals surface area (Å²) in [4.78, 5) is 13.8. The molecule has 3 nitrogen and oxygen atoms in total. The van der Waals surface area contributed by atoms with Gasteiger partial charge >= 0.3 is 0 Å². The van der Waals surface area contributed by atoms with Gasteiger partial charge in [-0.25, -0.2) is 0 Å². The third-order valence-corrected chi connectivity index (χ3v) is 3.73. The highest BCUT2D eigenvalue weighted by atomic mass is 16.3. The lowest BCUT2D eigenvalue weighted by molar-refractivity contribution is -0.134. The molecule has 3 atom stereocenters. The zero-order valence-corrected chi connectivity index (χ0v) is 10.8. The number of carbonyl (C=O) groups excluding carboxylic acids is 1. The first-order chi connectivity index (χ1) is 7.52. The minimum Gasteiger partial charge on any atom is -0.393 e. The summed E-state index contributed by atoms with van der Waals surface area (Å²) in [5, 5.41) is 9.17. The molecule has 1 saturated carbocycles. The van der Waals surface area contributed by atoms with Crippen molar-refractivity contribution in [1.82, 2.24) is 4.90 Å². The Labute approximate surface area is 98.8 Å². The number of hydrogen-bond acceptors (Lipinski definition) is 2. The molecule has 0 heterocycles. The van der Waals surface area contributed by atoms with E-state index in [0.717, 1.165) is 6.42 Å². The third kappa shape index (κ3) is 3.78. The predicted octanol–water partition coefficient (Wildman–Crippen LogP) is 2.18. The average molecular weight is 227 g/mol. The summed E-state index contributed by atoms with van der Waals surface area (Å²) in [6.45, 7) is 3.97. The van der Waals surface area contributed by atoms with Crippen LogP contribution in [0.2, 0.25) is 0 Å². The van der Waals surface area contributed by atoms with E-state index in [0.29, 0.717) is 24.8 Å². The van der Waals surface area contributed by atoms with Crippen molar-refractivity contribution in [1.29, 1.82) is 0 Å². The maximum absolute atomic E-state index is 11.9. The van der Waals surface area contributed by atoms with Crippen LogP contribution >= 0.6 is 0 Å². The van der Waals surface area contributed by atoms with E-state index in [1.807, 2.05) is 11.9 Å². The summed E-state index contributed by atoms with van der Waals surface area (Å²) >= 11 is 0. The Morgan fingerprint density at radius 1 is 1.44 bits per heavy atom. The molecule has 16 heavy (non-hydrogen) atoms. The van der Waals surface area contributed by atoms with E-state index in [4.69, 9.17) is 0 Å². The van der Waals surface area contributed by atoms with Gasteiger partial charge in [0.1, 0.15) is 0 Å². The Morgan fingerprint density at radius 2 is 2.06 bits per heavy atom. The average Bonchev–Trinajstić information content (AvgIpc) is 2.25. The lowest BCUT2D eigenvalue weighted by Crippen LogP contribution is -2.42. The van der Waals surface area contributed by atoms with Crippen molar-refractivity contribution in [3.8, 4) is 0 Å². The van der Waals surface area contributed by atoms with Crippen molar-refractivity contribution >= 4 is 5.91 Å².